The largest absolute Gasteiger partial charge is 0.469 e. The van der Waals surface area contributed by atoms with Crippen molar-refractivity contribution in [2.45, 2.75) is 264 Å². The van der Waals surface area contributed by atoms with E-state index in [1.165, 1.54) is 193 Å². The molecule has 0 bridgehead atoms. The van der Waals surface area contributed by atoms with Crippen molar-refractivity contribution in [3.8, 4) is 0 Å². The number of ether oxygens (including phenoxy) is 2. The van der Waals surface area contributed by atoms with Crippen LogP contribution < -0.4 is 0 Å². The lowest BCUT2D eigenvalue weighted by Gasteiger charge is -2.18. The average molecular weight is 789 g/mol. The first-order chi connectivity index (χ1) is 26.3. The van der Waals surface area contributed by atoms with Gasteiger partial charge >= 0.3 is 19.8 Å². The van der Waals surface area contributed by atoms with Gasteiger partial charge in [0.25, 0.3) is 0 Å². The maximum Gasteiger partial charge on any atom is 0.469 e. The van der Waals surface area contributed by atoms with Gasteiger partial charge in [0.15, 0.2) is 6.10 Å². The molecule has 0 heterocycles. The second kappa shape index (κ2) is 41.7. The Bertz CT molecular complexity index is 848. The minimum atomic E-state index is -4.75. The third kappa shape index (κ3) is 43.8. The van der Waals surface area contributed by atoms with Crippen molar-refractivity contribution < 1.29 is 37.9 Å². The second-order valence-corrected chi connectivity index (χ2v) is 17.3. The maximum absolute atomic E-state index is 12.4. The number of esters is 2. The normalized spacial score (nSPS) is 12.3. The van der Waals surface area contributed by atoms with E-state index in [9.17, 15) is 14.2 Å². The fourth-order valence-corrected chi connectivity index (χ4v) is 7.50. The molecule has 0 rings (SSSR count). The van der Waals surface area contributed by atoms with Crippen LogP contribution >= 0.6 is 7.82 Å². The van der Waals surface area contributed by atoms with Gasteiger partial charge in [-0.25, -0.2) is 4.57 Å². The fraction of sp³-hybridized carbons (Fsp3) is 0.956. The van der Waals surface area contributed by atoms with Crippen LogP contribution in [0.25, 0.3) is 0 Å². The van der Waals surface area contributed by atoms with Crippen LogP contribution in [0.2, 0.25) is 0 Å². The molecule has 0 aliphatic carbocycles. The highest BCUT2D eigenvalue weighted by Gasteiger charge is 2.23. The fourth-order valence-electron chi connectivity index (χ4n) is 7.14. The molecule has 0 radical (unpaired) electrons. The summed E-state index contributed by atoms with van der Waals surface area (Å²) in [5.41, 5.74) is 0. The molecule has 0 saturated carbocycles. The third-order valence-electron chi connectivity index (χ3n) is 10.6. The van der Waals surface area contributed by atoms with Crippen LogP contribution in [0.1, 0.15) is 258 Å². The summed E-state index contributed by atoms with van der Waals surface area (Å²) in [4.78, 5) is 42.9. The Morgan fingerprint density at radius 1 is 0.407 bits per heavy atom. The quantitative estimate of drug-likeness (QED) is 0.0356. The highest BCUT2D eigenvalue weighted by molar-refractivity contribution is 7.46. The first-order valence-electron chi connectivity index (χ1n) is 23.3. The van der Waals surface area contributed by atoms with Gasteiger partial charge in [-0.1, -0.05) is 232 Å². The van der Waals surface area contributed by atoms with Crippen molar-refractivity contribution in [1.29, 1.82) is 0 Å². The minimum absolute atomic E-state index is 0.220. The molecule has 0 fully saturated rings. The number of phosphoric acid groups is 1. The van der Waals surface area contributed by atoms with Gasteiger partial charge < -0.3 is 19.3 Å². The SMILES string of the molecule is CCCCCCCCCCCCCCCCCCCCCCCCC(=O)OC[C@H](COP(=O)(O)O)OC(=O)CCCCCCCCCCCCCCCC. The van der Waals surface area contributed by atoms with E-state index in [2.05, 4.69) is 18.4 Å². The Labute approximate surface area is 334 Å². The molecule has 2 N–H and O–H groups in total. The van der Waals surface area contributed by atoms with E-state index in [0.29, 0.717) is 6.42 Å². The highest BCUT2D eigenvalue weighted by Crippen LogP contribution is 2.36. The van der Waals surface area contributed by atoms with E-state index in [1.807, 2.05) is 0 Å². The first kappa shape index (κ1) is 53.0. The Kier molecular flexibility index (Phi) is 40.9. The van der Waals surface area contributed by atoms with E-state index >= 15 is 0 Å². The molecule has 9 heteroatoms. The highest BCUT2D eigenvalue weighted by atomic mass is 31.2. The van der Waals surface area contributed by atoms with Gasteiger partial charge in [0.05, 0.1) is 6.61 Å². The predicted molar refractivity (Wildman–Crippen MR) is 226 cm³/mol. The van der Waals surface area contributed by atoms with Gasteiger partial charge in [-0.2, -0.15) is 0 Å². The topological polar surface area (TPSA) is 119 Å². The second-order valence-electron chi connectivity index (χ2n) is 16.1. The Balaban J connectivity index is 3.77. The van der Waals surface area contributed by atoms with E-state index in [-0.39, 0.29) is 19.4 Å². The molecule has 0 aromatic heterocycles. The summed E-state index contributed by atoms with van der Waals surface area (Å²) < 4.78 is 26.5. The molecule has 0 amide bonds. The van der Waals surface area contributed by atoms with Crippen LogP contribution in [0.15, 0.2) is 0 Å². The van der Waals surface area contributed by atoms with Gasteiger partial charge in [0.1, 0.15) is 6.61 Å². The monoisotopic (exact) mass is 789 g/mol. The van der Waals surface area contributed by atoms with Crippen molar-refractivity contribution in [2.24, 2.45) is 0 Å². The Morgan fingerprint density at radius 3 is 0.944 bits per heavy atom. The number of phosphoric ester groups is 1. The first-order valence-corrected chi connectivity index (χ1v) is 24.9. The average Bonchev–Trinajstić information content (AvgIpc) is 3.14. The molecule has 54 heavy (non-hydrogen) atoms. The molecule has 322 valence electrons. The molecule has 0 spiro atoms. The molecular weight excluding hydrogens is 699 g/mol. The molecular formula is C45H89O8P. The Hall–Kier alpha value is -0.950. The molecule has 0 aliphatic rings. The lowest BCUT2D eigenvalue weighted by Crippen LogP contribution is -2.29. The van der Waals surface area contributed by atoms with Crippen LogP contribution in [0.3, 0.4) is 0 Å². The smallest absolute Gasteiger partial charge is 0.462 e. The summed E-state index contributed by atoms with van der Waals surface area (Å²) in [6.45, 7) is 3.73. The van der Waals surface area contributed by atoms with E-state index in [4.69, 9.17) is 19.3 Å². The van der Waals surface area contributed by atoms with Crippen LogP contribution in [0.5, 0.6) is 0 Å². The lowest BCUT2D eigenvalue weighted by molar-refractivity contribution is -0.161. The zero-order valence-corrected chi connectivity index (χ0v) is 36.5. The predicted octanol–water partition coefficient (Wildman–Crippen LogP) is 14.4. The zero-order valence-electron chi connectivity index (χ0n) is 35.7. The van der Waals surface area contributed by atoms with Crippen LogP contribution in [0.4, 0.5) is 0 Å². The number of carbonyl (C=O) groups is 2. The molecule has 0 aliphatic heterocycles. The minimum Gasteiger partial charge on any atom is -0.462 e. The van der Waals surface area contributed by atoms with Gasteiger partial charge in [0, 0.05) is 12.8 Å². The van der Waals surface area contributed by atoms with Crippen LogP contribution in [-0.4, -0.2) is 41.0 Å². The molecule has 0 saturated heterocycles. The van der Waals surface area contributed by atoms with E-state index < -0.39 is 32.5 Å². The molecule has 0 aromatic rings. The molecule has 8 nitrogen and oxygen atoms in total. The third-order valence-corrected chi connectivity index (χ3v) is 11.1. The molecule has 0 aromatic carbocycles. The number of rotatable bonds is 44. The number of hydrogen-bond donors (Lipinski definition) is 2. The van der Waals surface area contributed by atoms with Crippen LogP contribution in [0, 0.1) is 0 Å². The van der Waals surface area contributed by atoms with Crippen molar-refractivity contribution in [2.75, 3.05) is 13.2 Å². The van der Waals surface area contributed by atoms with Crippen LogP contribution in [-0.2, 0) is 28.2 Å². The summed E-state index contributed by atoms with van der Waals surface area (Å²) in [5.74, 6) is -0.865. The summed E-state index contributed by atoms with van der Waals surface area (Å²) in [6, 6.07) is 0. The summed E-state index contributed by atoms with van der Waals surface area (Å²) in [5, 5.41) is 0. The number of carbonyl (C=O) groups excluding carboxylic acids is 2. The van der Waals surface area contributed by atoms with Crippen molar-refractivity contribution in [1.82, 2.24) is 0 Å². The van der Waals surface area contributed by atoms with Gasteiger partial charge in [-0.05, 0) is 12.8 Å². The summed E-state index contributed by atoms with van der Waals surface area (Å²) >= 11 is 0. The van der Waals surface area contributed by atoms with Gasteiger partial charge in [0.2, 0.25) is 0 Å². The van der Waals surface area contributed by atoms with E-state index in [1.54, 1.807) is 0 Å². The van der Waals surface area contributed by atoms with Gasteiger partial charge in [-0.3, -0.25) is 14.1 Å². The number of unbranched alkanes of at least 4 members (excludes halogenated alkanes) is 34. The van der Waals surface area contributed by atoms with E-state index in [0.717, 1.165) is 32.1 Å². The molecule has 0 unspecified atom stereocenters. The Morgan fingerprint density at radius 2 is 0.667 bits per heavy atom. The maximum atomic E-state index is 12.4. The van der Waals surface area contributed by atoms with Crippen molar-refractivity contribution in [3.63, 3.8) is 0 Å². The summed E-state index contributed by atoms with van der Waals surface area (Å²) in [7, 11) is -4.75. The summed E-state index contributed by atoms with van der Waals surface area (Å²) in [6.07, 6.45) is 45.5. The molecule has 1 atom stereocenters. The lowest BCUT2D eigenvalue weighted by atomic mass is 10.0. The van der Waals surface area contributed by atoms with Gasteiger partial charge in [-0.15, -0.1) is 0 Å². The standard InChI is InChI=1S/C45H89O8P/c1-3-5-7-9-11-13-15-17-19-20-21-22-23-24-25-26-28-29-31-33-35-37-39-44(46)51-41-43(42-52-54(48,49)50)53-45(47)40-38-36-34-32-30-27-18-16-14-12-10-8-6-4-2/h43H,3-42H2,1-2H3,(H2,48,49,50)/t43-/m1/s1. The zero-order chi connectivity index (χ0) is 39.6. The van der Waals surface area contributed by atoms with Crippen molar-refractivity contribution in [3.05, 3.63) is 0 Å². The number of hydrogen-bond acceptors (Lipinski definition) is 6. The van der Waals surface area contributed by atoms with Crippen molar-refractivity contribution >= 4 is 19.8 Å².